The molecule has 0 bridgehead atoms. The third-order valence-corrected chi connectivity index (χ3v) is 4.95. The van der Waals surface area contributed by atoms with Gasteiger partial charge in [-0.2, -0.15) is 0 Å². The Morgan fingerprint density at radius 3 is 2.76 bits per heavy atom. The molecule has 96 valence electrons. The number of nitrogens with one attached hydrogen (secondary N) is 1. The van der Waals surface area contributed by atoms with Crippen molar-refractivity contribution in [3.8, 4) is 0 Å². The van der Waals surface area contributed by atoms with E-state index in [9.17, 15) is 0 Å². The minimum absolute atomic E-state index is 0.712. The van der Waals surface area contributed by atoms with Crippen LogP contribution in [0.1, 0.15) is 54.6 Å². The van der Waals surface area contributed by atoms with Gasteiger partial charge in [-0.1, -0.05) is 19.8 Å². The first-order valence-electron chi connectivity index (χ1n) is 6.81. The molecular formula is C14H24N2S. The molecule has 1 aromatic rings. The highest BCUT2D eigenvalue weighted by Crippen LogP contribution is 2.23. The van der Waals surface area contributed by atoms with E-state index in [0.29, 0.717) is 6.04 Å². The van der Waals surface area contributed by atoms with Crippen LogP contribution in [0.4, 0.5) is 0 Å². The second kappa shape index (κ2) is 5.96. The molecule has 0 radical (unpaired) electrons. The molecule has 0 saturated heterocycles. The van der Waals surface area contributed by atoms with E-state index in [2.05, 4.69) is 31.1 Å². The molecule has 1 N–H and O–H groups in total. The van der Waals surface area contributed by atoms with E-state index in [1.807, 2.05) is 11.3 Å². The molecule has 1 fully saturated rings. The highest BCUT2D eigenvalue weighted by molar-refractivity contribution is 7.11. The van der Waals surface area contributed by atoms with E-state index in [-0.39, 0.29) is 0 Å². The van der Waals surface area contributed by atoms with Crippen molar-refractivity contribution in [1.82, 2.24) is 10.3 Å². The Morgan fingerprint density at radius 1 is 1.24 bits per heavy atom. The van der Waals surface area contributed by atoms with Crippen molar-refractivity contribution >= 4 is 11.3 Å². The maximum Gasteiger partial charge on any atom is 0.107 e. The average Bonchev–Trinajstić information content (AvgIpc) is 2.50. The largest absolute Gasteiger partial charge is 0.308 e. The summed E-state index contributed by atoms with van der Waals surface area (Å²) in [6.07, 6.45) is 6.86. The summed E-state index contributed by atoms with van der Waals surface area (Å²) in [4.78, 5) is 5.95. The number of nitrogens with zero attached hydrogens (tertiary/aromatic N) is 1. The minimum Gasteiger partial charge on any atom is -0.308 e. The van der Waals surface area contributed by atoms with E-state index in [4.69, 9.17) is 0 Å². The van der Waals surface area contributed by atoms with Gasteiger partial charge in [0.15, 0.2) is 0 Å². The summed E-state index contributed by atoms with van der Waals surface area (Å²) < 4.78 is 0. The third-order valence-electron chi connectivity index (χ3n) is 3.87. The van der Waals surface area contributed by atoms with Gasteiger partial charge in [-0.15, -0.1) is 11.3 Å². The predicted molar refractivity (Wildman–Crippen MR) is 74.5 cm³/mol. The maximum atomic E-state index is 4.59. The van der Waals surface area contributed by atoms with E-state index in [1.54, 1.807) is 0 Å². The quantitative estimate of drug-likeness (QED) is 0.827. The van der Waals surface area contributed by atoms with Gasteiger partial charge in [0.25, 0.3) is 0 Å². The number of aromatic nitrogens is 1. The lowest BCUT2D eigenvalue weighted by Gasteiger charge is -2.15. The molecule has 2 atom stereocenters. The molecular weight excluding hydrogens is 228 g/mol. The smallest absolute Gasteiger partial charge is 0.107 e. The number of rotatable bonds is 3. The van der Waals surface area contributed by atoms with Crippen molar-refractivity contribution in [3.63, 3.8) is 0 Å². The summed E-state index contributed by atoms with van der Waals surface area (Å²) in [5.41, 5.74) is 1.20. The van der Waals surface area contributed by atoms with Crippen molar-refractivity contribution in [2.45, 2.75) is 65.5 Å². The third kappa shape index (κ3) is 3.78. The van der Waals surface area contributed by atoms with Crippen molar-refractivity contribution in [3.05, 3.63) is 15.6 Å². The Kier molecular flexibility index (Phi) is 4.57. The van der Waals surface area contributed by atoms with Crippen LogP contribution in [0.25, 0.3) is 0 Å². The molecule has 2 nitrogen and oxygen atoms in total. The lowest BCUT2D eigenvalue weighted by atomic mass is 10.0. The molecule has 1 heterocycles. The Balaban J connectivity index is 1.81. The Bertz CT molecular complexity index is 340. The number of hydrogen-bond acceptors (Lipinski definition) is 3. The van der Waals surface area contributed by atoms with Gasteiger partial charge < -0.3 is 5.32 Å². The molecule has 1 aliphatic rings. The second-order valence-electron chi connectivity index (χ2n) is 5.44. The van der Waals surface area contributed by atoms with Crippen molar-refractivity contribution in [2.75, 3.05) is 0 Å². The first-order valence-corrected chi connectivity index (χ1v) is 7.63. The number of thiazole rings is 1. The lowest BCUT2D eigenvalue weighted by molar-refractivity contribution is 0.447. The van der Waals surface area contributed by atoms with Gasteiger partial charge in [0.2, 0.25) is 0 Å². The molecule has 1 saturated carbocycles. The van der Waals surface area contributed by atoms with Crippen LogP contribution in [0.15, 0.2) is 0 Å². The van der Waals surface area contributed by atoms with Crippen LogP contribution in [0.3, 0.4) is 0 Å². The zero-order chi connectivity index (χ0) is 12.3. The number of aryl methyl sites for hydroxylation is 2. The van der Waals surface area contributed by atoms with Crippen molar-refractivity contribution < 1.29 is 0 Å². The molecule has 0 aromatic carbocycles. The molecule has 0 amide bonds. The summed E-state index contributed by atoms with van der Waals surface area (Å²) in [6, 6.07) is 0.712. The van der Waals surface area contributed by atoms with Gasteiger partial charge in [0.05, 0.1) is 5.69 Å². The SMILES string of the molecule is Cc1nc(CNC2CCCC(C)CC2)sc1C. The minimum atomic E-state index is 0.712. The molecule has 17 heavy (non-hydrogen) atoms. The normalized spacial score (nSPS) is 25.8. The van der Waals surface area contributed by atoms with Crippen LogP contribution in [-0.4, -0.2) is 11.0 Å². The molecule has 2 unspecified atom stereocenters. The van der Waals surface area contributed by atoms with E-state index >= 15 is 0 Å². The second-order valence-corrected chi connectivity index (χ2v) is 6.73. The fourth-order valence-electron chi connectivity index (χ4n) is 2.54. The van der Waals surface area contributed by atoms with Crippen molar-refractivity contribution in [2.24, 2.45) is 5.92 Å². The molecule has 0 aliphatic heterocycles. The van der Waals surface area contributed by atoms with Gasteiger partial charge >= 0.3 is 0 Å². The Labute approximate surface area is 109 Å². The van der Waals surface area contributed by atoms with Crippen molar-refractivity contribution in [1.29, 1.82) is 0 Å². The van der Waals surface area contributed by atoms with Crippen LogP contribution < -0.4 is 5.32 Å². The number of hydrogen-bond donors (Lipinski definition) is 1. The maximum absolute atomic E-state index is 4.59. The van der Waals surface area contributed by atoms with E-state index < -0.39 is 0 Å². The summed E-state index contributed by atoms with van der Waals surface area (Å²) in [6.45, 7) is 7.60. The first kappa shape index (κ1) is 13.0. The van der Waals surface area contributed by atoms with Gasteiger partial charge in [-0.25, -0.2) is 4.98 Å². The Morgan fingerprint density at radius 2 is 2.06 bits per heavy atom. The van der Waals surface area contributed by atoms with Crippen LogP contribution >= 0.6 is 11.3 Å². The zero-order valence-corrected chi connectivity index (χ0v) is 12.1. The molecule has 3 heteroatoms. The standard InChI is InChI=1S/C14H24N2S/c1-10-5-4-6-13(8-7-10)15-9-14-16-11(2)12(3)17-14/h10,13,15H,4-9H2,1-3H3. The fourth-order valence-corrected chi connectivity index (χ4v) is 3.42. The molecule has 2 rings (SSSR count). The zero-order valence-electron chi connectivity index (χ0n) is 11.3. The summed E-state index contributed by atoms with van der Waals surface area (Å²) in [7, 11) is 0. The predicted octanol–water partition coefficient (Wildman–Crippen LogP) is 3.82. The summed E-state index contributed by atoms with van der Waals surface area (Å²) >= 11 is 1.84. The highest BCUT2D eigenvalue weighted by Gasteiger charge is 2.16. The molecule has 1 aromatic heterocycles. The van der Waals surface area contributed by atoms with Gasteiger partial charge in [0.1, 0.15) is 5.01 Å². The summed E-state index contributed by atoms with van der Waals surface area (Å²) in [5, 5.41) is 4.93. The first-order chi connectivity index (χ1) is 8.15. The average molecular weight is 252 g/mol. The topological polar surface area (TPSA) is 24.9 Å². The van der Waals surface area contributed by atoms with Gasteiger partial charge in [-0.05, 0) is 39.0 Å². The summed E-state index contributed by atoms with van der Waals surface area (Å²) in [5.74, 6) is 0.922. The van der Waals surface area contributed by atoms with E-state index in [1.165, 1.54) is 47.7 Å². The van der Waals surface area contributed by atoms with Crippen LogP contribution in [-0.2, 0) is 6.54 Å². The van der Waals surface area contributed by atoms with Gasteiger partial charge in [-0.3, -0.25) is 0 Å². The highest BCUT2D eigenvalue weighted by atomic mass is 32.1. The van der Waals surface area contributed by atoms with Gasteiger partial charge in [0, 0.05) is 17.5 Å². The molecule has 0 spiro atoms. The van der Waals surface area contributed by atoms with E-state index in [0.717, 1.165) is 12.5 Å². The van der Waals surface area contributed by atoms with Crippen LogP contribution in [0, 0.1) is 19.8 Å². The molecule has 1 aliphatic carbocycles. The lowest BCUT2D eigenvalue weighted by Crippen LogP contribution is -2.27. The fraction of sp³-hybridized carbons (Fsp3) is 0.786. The Hall–Kier alpha value is -0.410. The van der Waals surface area contributed by atoms with Crippen LogP contribution in [0.2, 0.25) is 0 Å². The van der Waals surface area contributed by atoms with Crippen LogP contribution in [0.5, 0.6) is 0 Å². The monoisotopic (exact) mass is 252 g/mol.